The third-order valence-electron chi connectivity index (χ3n) is 2.58. The summed E-state index contributed by atoms with van der Waals surface area (Å²) in [5.74, 6) is -1.38. The van der Waals surface area contributed by atoms with Gasteiger partial charge in [-0.1, -0.05) is 34.6 Å². The second-order valence-corrected chi connectivity index (χ2v) is 5.39. The van der Waals surface area contributed by atoms with Gasteiger partial charge in [0.1, 0.15) is 11.4 Å². The average Bonchev–Trinajstić information content (AvgIpc) is 2.89. The van der Waals surface area contributed by atoms with E-state index in [0.717, 1.165) is 11.8 Å². The Morgan fingerprint density at radius 2 is 2.24 bits per heavy atom. The van der Waals surface area contributed by atoms with E-state index in [2.05, 4.69) is 20.3 Å². The maximum atomic E-state index is 10.5. The van der Waals surface area contributed by atoms with Crippen LogP contribution in [-0.2, 0) is 4.79 Å². The molecular formula is C12H7ClN5O2S-. The first-order chi connectivity index (χ1) is 10.1. The van der Waals surface area contributed by atoms with Gasteiger partial charge >= 0.3 is 0 Å². The number of carboxylic acids is 1. The summed E-state index contributed by atoms with van der Waals surface area (Å²) in [5, 5.41) is 19.6. The molecule has 21 heavy (non-hydrogen) atoms. The lowest BCUT2D eigenvalue weighted by Crippen LogP contribution is -2.24. The molecular weight excluding hydrogens is 314 g/mol. The molecule has 0 fully saturated rings. The van der Waals surface area contributed by atoms with Gasteiger partial charge in [0, 0.05) is 10.8 Å². The van der Waals surface area contributed by atoms with Gasteiger partial charge < -0.3 is 9.90 Å². The lowest BCUT2D eigenvalue weighted by molar-refractivity contribution is -0.301. The van der Waals surface area contributed by atoms with Crippen LogP contribution >= 0.6 is 23.4 Å². The summed E-state index contributed by atoms with van der Waals surface area (Å²) in [6.45, 7) is 0. The zero-order chi connectivity index (χ0) is 14.8. The molecule has 0 radical (unpaired) electrons. The fourth-order valence-corrected chi connectivity index (χ4v) is 2.57. The molecule has 0 saturated carbocycles. The van der Waals surface area contributed by atoms with Gasteiger partial charge in [0.15, 0.2) is 11.2 Å². The van der Waals surface area contributed by atoms with Crippen molar-refractivity contribution < 1.29 is 9.90 Å². The van der Waals surface area contributed by atoms with Gasteiger partial charge in [-0.2, -0.15) is 4.68 Å². The van der Waals surface area contributed by atoms with E-state index in [9.17, 15) is 9.90 Å². The van der Waals surface area contributed by atoms with Crippen molar-refractivity contribution in [3.63, 3.8) is 0 Å². The molecule has 0 N–H and O–H groups in total. The summed E-state index contributed by atoms with van der Waals surface area (Å²) in [4.78, 5) is 18.7. The number of rotatable bonds is 4. The molecule has 0 aliphatic carbocycles. The lowest BCUT2D eigenvalue weighted by Gasteiger charge is -2.03. The first-order valence-electron chi connectivity index (χ1n) is 5.80. The molecule has 0 aliphatic rings. The Labute approximate surface area is 128 Å². The highest BCUT2D eigenvalue weighted by atomic mass is 35.5. The first kappa shape index (κ1) is 13.8. The molecule has 0 amide bonds. The Morgan fingerprint density at radius 1 is 1.38 bits per heavy atom. The molecule has 3 rings (SSSR count). The highest BCUT2D eigenvalue weighted by Crippen LogP contribution is 2.24. The van der Waals surface area contributed by atoms with Gasteiger partial charge in [-0.15, -0.1) is 5.10 Å². The number of carbonyl (C=O) groups is 1. The number of thioether (sulfide) groups is 1. The van der Waals surface area contributed by atoms with Crippen LogP contribution in [0.25, 0.3) is 16.9 Å². The van der Waals surface area contributed by atoms with Crippen molar-refractivity contribution in [1.29, 1.82) is 0 Å². The fourth-order valence-electron chi connectivity index (χ4n) is 1.74. The van der Waals surface area contributed by atoms with E-state index in [-0.39, 0.29) is 5.75 Å². The number of carbonyl (C=O) groups excluding carboxylic acids is 1. The van der Waals surface area contributed by atoms with Crippen molar-refractivity contribution in [1.82, 2.24) is 25.0 Å². The largest absolute Gasteiger partial charge is 0.549 e. The standard InChI is InChI=1S/C12H8ClN5O2S/c13-7-2-1-3-8(4-7)18-11-10(16-17-18)12(15-6-14-11)21-5-9(19)20/h1-4,6H,5H2,(H,19,20)/p-1. The zero-order valence-corrected chi connectivity index (χ0v) is 12.0. The lowest BCUT2D eigenvalue weighted by atomic mass is 10.3. The van der Waals surface area contributed by atoms with Crippen LogP contribution < -0.4 is 5.11 Å². The molecule has 9 heteroatoms. The highest BCUT2D eigenvalue weighted by Gasteiger charge is 2.13. The Balaban J connectivity index is 2.06. The molecule has 0 unspecified atom stereocenters. The number of halogens is 1. The fraction of sp³-hybridized carbons (Fsp3) is 0.0833. The molecule has 3 aromatic rings. The summed E-state index contributed by atoms with van der Waals surface area (Å²) < 4.78 is 1.52. The molecule has 0 bridgehead atoms. The van der Waals surface area contributed by atoms with E-state index in [1.807, 2.05) is 6.07 Å². The number of hydrogen-bond donors (Lipinski definition) is 0. The van der Waals surface area contributed by atoms with Crippen LogP contribution in [0.3, 0.4) is 0 Å². The highest BCUT2D eigenvalue weighted by molar-refractivity contribution is 8.00. The molecule has 0 saturated heterocycles. The number of aromatic nitrogens is 5. The number of nitrogens with zero attached hydrogens (tertiary/aromatic N) is 5. The van der Waals surface area contributed by atoms with E-state index in [1.54, 1.807) is 18.2 Å². The van der Waals surface area contributed by atoms with E-state index in [0.29, 0.717) is 26.9 Å². The summed E-state index contributed by atoms with van der Waals surface area (Å²) in [5.41, 5.74) is 1.62. The smallest absolute Gasteiger partial charge is 0.187 e. The summed E-state index contributed by atoms with van der Waals surface area (Å²) >= 11 is 6.97. The summed E-state index contributed by atoms with van der Waals surface area (Å²) in [6.07, 6.45) is 1.34. The van der Waals surface area contributed by atoms with Gasteiger partial charge in [-0.3, -0.25) is 0 Å². The maximum absolute atomic E-state index is 10.5. The van der Waals surface area contributed by atoms with Gasteiger partial charge in [0.2, 0.25) is 0 Å². The predicted octanol–water partition coefficient (Wildman–Crippen LogP) is 0.706. The van der Waals surface area contributed by atoms with Crippen LogP contribution in [0.2, 0.25) is 5.02 Å². The van der Waals surface area contributed by atoms with Crippen molar-refractivity contribution in [3.8, 4) is 5.69 Å². The Morgan fingerprint density at radius 3 is 3.00 bits per heavy atom. The van der Waals surface area contributed by atoms with E-state index in [1.165, 1.54) is 11.0 Å². The number of carboxylic acid groups (broad SMARTS) is 1. The molecule has 2 aromatic heterocycles. The number of fused-ring (bicyclic) bond motifs is 1. The topological polar surface area (TPSA) is 96.6 Å². The van der Waals surface area contributed by atoms with E-state index in [4.69, 9.17) is 11.6 Å². The van der Waals surface area contributed by atoms with Crippen molar-refractivity contribution in [2.24, 2.45) is 0 Å². The Hall–Kier alpha value is -2.19. The Kier molecular flexibility index (Phi) is 3.72. The normalized spacial score (nSPS) is 10.9. The minimum absolute atomic E-state index is 0.212. The number of aliphatic carboxylic acids is 1. The van der Waals surface area contributed by atoms with E-state index >= 15 is 0 Å². The van der Waals surface area contributed by atoms with Gasteiger partial charge in [-0.25, -0.2) is 9.97 Å². The minimum Gasteiger partial charge on any atom is -0.549 e. The zero-order valence-electron chi connectivity index (χ0n) is 10.4. The van der Waals surface area contributed by atoms with Crippen LogP contribution in [0.5, 0.6) is 0 Å². The third-order valence-corrected chi connectivity index (χ3v) is 3.77. The first-order valence-corrected chi connectivity index (χ1v) is 7.16. The molecule has 1 aromatic carbocycles. The maximum Gasteiger partial charge on any atom is 0.187 e. The van der Waals surface area contributed by atoms with Crippen LogP contribution in [0.4, 0.5) is 0 Å². The van der Waals surface area contributed by atoms with Crippen LogP contribution in [0.15, 0.2) is 35.6 Å². The van der Waals surface area contributed by atoms with Crippen molar-refractivity contribution in [2.45, 2.75) is 5.03 Å². The minimum atomic E-state index is -1.17. The average molecular weight is 321 g/mol. The monoisotopic (exact) mass is 320 g/mol. The van der Waals surface area contributed by atoms with Crippen LogP contribution in [0, 0.1) is 0 Å². The molecule has 7 nitrogen and oxygen atoms in total. The molecule has 0 atom stereocenters. The second-order valence-electron chi connectivity index (χ2n) is 3.99. The predicted molar refractivity (Wildman–Crippen MR) is 75.2 cm³/mol. The molecule has 2 heterocycles. The SMILES string of the molecule is O=C([O-])CSc1ncnc2c1nnn2-c1cccc(Cl)c1. The molecule has 106 valence electrons. The molecule has 0 aliphatic heterocycles. The third kappa shape index (κ3) is 2.81. The second kappa shape index (κ2) is 5.66. The van der Waals surface area contributed by atoms with Crippen molar-refractivity contribution in [3.05, 3.63) is 35.6 Å². The van der Waals surface area contributed by atoms with E-state index < -0.39 is 5.97 Å². The molecule has 0 spiro atoms. The quantitative estimate of drug-likeness (QED) is 0.515. The number of hydrogen-bond acceptors (Lipinski definition) is 7. The van der Waals surface area contributed by atoms with Crippen LogP contribution in [0.1, 0.15) is 0 Å². The van der Waals surface area contributed by atoms with Crippen LogP contribution in [-0.4, -0.2) is 36.7 Å². The summed E-state index contributed by atoms with van der Waals surface area (Å²) in [6, 6.07) is 7.08. The van der Waals surface area contributed by atoms with Gasteiger partial charge in [-0.05, 0) is 18.2 Å². The van der Waals surface area contributed by atoms with Gasteiger partial charge in [0.25, 0.3) is 0 Å². The summed E-state index contributed by atoms with van der Waals surface area (Å²) in [7, 11) is 0. The van der Waals surface area contributed by atoms with Crippen molar-refractivity contribution in [2.75, 3.05) is 5.75 Å². The van der Waals surface area contributed by atoms with Crippen molar-refractivity contribution >= 4 is 40.5 Å². The number of benzene rings is 1. The Bertz CT molecular complexity index is 822. The van der Waals surface area contributed by atoms with Gasteiger partial charge in [0.05, 0.1) is 11.7 Å².